The molecular weight excluding hydrogens is 244 g/mol. The second-order valence-electron chi connectivity index (χ2n) is 5.15. The number of hydrogen-bond donors (Lipinski definition) is 0. The van der Waals surface area contributed by atoms with Crippen LogP contribution in [0.2, 0.25) is 0 Å². The van der Waals surface area contributed by atoms with Crippen molar-refractivity contribution in [2.75, 3.05) is 0 Å². The largest absolute Gasteiger partial charge is 0.456 e. The number of carbonyl (C=O) groups is 1. The third-order valence-corrected chi connectivity index (χ3v) is 3.47. The Morgan fingerprint density at radius 3 is 2.56 bits per heavy atom. The van der Waals surface area contributed by atoms with Gasteiger partial charge in [-0.05, 0) is 11.5 Å². The van der Waals surface area contributed by atoms with Crippen molar-refractivity contribution in [1.29, 1.82) is 0 Å². The van der Waals surface area contributed by atoms with Gasteiger partial charge in [-0.1, -0.05) is 39.0 Å². The van der Waals surface area contributed by atoms with E-state index in [1.807, 2.05) is 23.6 Å². The smallest absolute Gasteiger partial charge is 0.160 e. The second-order valence-corrected chi connectivity index (χ2v) is 6.09. The molecule has 0 amide bonds. The molecule has 3 heteroatoms. The SMILES string of the molecule is CC(C)(C)c1ccccc1Oc1csc(C=O)c1. The van der Waals surface area contributed by atoms with Crippen molar-refractivity contribution >= 4 is 17.6 Å². The first kappa shape index (κ1) is 12.8. The summed E-state index contributed by atoms with van der Waals surface area (Å²) in [4.78, 5) is 11.3. The molecule has 0 bridgehead atoms. The van der Waals surface area contributed by atoms with E-state index in [4.69, 9.17) is 4.74 Å². The summed E-state index contributed by atoms with van der Waals surface area (Å²) in [6.07, 6.45) is 0.840. The Kier molecular flexibility index (Phi) is 3.53. The highest BCUT2D eigenvalue weighted by Gasteiger charge is 2.18. The molecule has 18 heavy (non-hydrogen) atoms. The zero-order valence-electron chi connectivity index (χ0n) is 10.8. The molecule has 0 aliphatic carbocycles. The molecule has 0 fully saturated rings. The Morgan fingerprint density at radius 2 is 1.94 bits per heavy atom. The fourth-order valence-corrected chi connectivity index (χ4v) is 2.36. The lowest BCUT2D eigenvalue weighted by molar-refractivity contribution is 0.112. The number of ether oxygens (including phenoxy) is 1. The van der Waals surface area contributed by atoms with Crippen LogP contribution in [0.3, 0.4) is 0 Å². The fourth-order valence-electron chi connectivity index (χ4n) is 1.75. The van der Waals surface area contributed by atoms with Crippen LogP contribution >= 0.6 is 11.3 Å². The predicted molar refractivity (Wildman–Crippen MR) is 74.9 cm³/mol. The molecule has 0 unspecified atom stereocenters. The summed E-state index contributed by atoms with van der Waals surface area (Å²) >= 11 is 1.39. The molecule has 2 nitrogen and oxygen atoms in total. The molecule has 0 spiro atoms. The summed E-state index contributed by atoms with van der Waals surface area (Å²) in [5.74, 6) is 1.57. The number of carbonyl (C=O) groups excluding carboxylic acids is 1. The van der Waals surface area contributed by atoms with Crippen LogP contribution in [0.25, 0.3) is 0 Å². The molecular formula is C15H16O2S. The van der Waals surface area contributed by atoms with E-state index in [9.17, 15) is 4.79 Å². The standard InChI is InChI=1S/C15H16O2S/c1-15(2,3)13-6-4-5-7-14(13)17-11-8-12(9-16)18-10-11/h4-10H,1-3H3. The highest BCUT2D eigenvalue weighted by Crippen LogP contribution is 2.34. The Morgan fingerprint density at radius 1 is 1.22 bits per heavy atom. The normalized spacial score (nSPS) is 11.3. The average molecular weight is 260 g/mol. The van der Waals surface area contributed by atoms with Gasteiger partial charge in [-0.15, -0.1) is 11.3 Å². The second kappa shape index (κ2) is 4.94. The third kappa shape index (κ3) is 2.79. The number of hydrogen-bond acceptors (Lipinski definition) is 3. The highest BCUT2D eigenvalue weighted by molar-refractivity contribution is 7.11. The minimum absolute atomic E-state index is 0.0279. The van der Waals surface area contributed by atoms with E-state index >= 15 is 0 Å². The molecule has 94 valence electrons. The van der Waals surface area contributed by atoms with Crippen LogP contribution < -0.4 is 4.74 Å². The van der Waals surface area contributed by atoms with Crippen LogP contribution in [0.4, 0.5) is 0 Å². The Hall–Kier alpha value is -1.61. The molecule has 2 rings (SSSR count). The van der Waals surface area contributed by atoms with E-state index in [1.54, 1.807) is 6.07 Å². The molecule has 0 saturated heterocycles. The first-order chi connectivity index (χ1) is 8.50. The van der Waals surface area contributed by atoms with Crippen LogP contribution in [0, 0.1) is 0 Å². The summed E-state index contributed by atoms with van der Waals surface area (Å²) in [7, 11) is 0. The topological polar surface area (TPSA) is 26.3 Å². The van der Waals surface area contributed by atoms with Gasteiger partial charge in [-0.2, -0.15) is 0 Å². The summed E-state index contributed by atoms with van der Waals surface area (Å²) < 4.78 is 5.87. The lowest BCUT2D eigenvalue weighted by Crippen LogP contribution is -2.12. The molecule has 0 radical (unpaired) electrons. The molecule has 2 aromatic rings. The lowest BCUT2D eigenvalue weighted by atomic mass is 9.86. The van der Waals surface area contributed by atoms with E-state index in [-0.39, 0.29) is 5.41 Å². The van der Waals surface area contributed by atoms with Crippen LogP contribution in [0.5, 0.6) is 11.5 Å². The van der Waals surface area contributed by atoms with Gasteiger partial charge in [0.2, 0.25) is 0 Å². The number of rotatable bonds is 3. The first-order valence-electron chi connectivity index (χ1n) is 5.82. The van der Waals surface area contributed by atoms with Gasteiger partial charge in [0.25, 0.3) is 0 Å². The third-order valence-electron chi connectivity index (χ3n) is 2.63. The molecule has 0 aliphatic rings. The van der Waals surface area contributed by atoms with Gasteiger partial charge in [0.05, 0.1) is 4.88 Å². The molecule has 1 aromatic heterocycles. The van der Waals surface area contributed by atoms with E-state index in [2.05, 4.69) is 26.8 Å². The monoisotopic (exact) mass is 260 g/mol. The van der Waals surface area contributed by atoms with Gasteiger partial charge in [0.15, 0.2) is 6.29 Å². The van der Waals surface area contributed by atoms with Crippen molar-refractivity contribution in [2.45, 2.75) is 26.2 Å². The van der Waals surface area contributed by atoms with E-state index in [0.717, 1.165) is 23.3 Å². The van der Waals surface area contributed by atoms with Crippen LogP contribution in [0.15, 0.2) is 35.7 Å². The highest BCUT2D eigenvalue weighted by atomic mass is 32.1. The van der Waals surface area contributed by atoms with Crippen LogP contribution in [0.1, 0.15) is 36.0 Å². The van der Waals surface area contributed by atoms with Crippen molar-refractivity contribution in [3.05, 3.63) is 46.2 Å². The summed E-state index contributed by atoms with van der Waals surface area (Å²) in [6.45, 7) is 6.46. The zero-order chi connectivity index (χ0) is 13.2. The van der Waals surface area contributed by atoms with E-state index in [0.29, 0.717) is 4.88 Å². The summed E-state index contributed by atoms with van der Waals surface area (Å²) in [5, 5.41) is 1.85. The van der Waals surface area contributed by atoms with Crippen molar-refractivity contribution in [3.63, 3.8) is 0 Å². The maximum absolute atomic E-state index is 10.7. The van der Waals surface area contributed by atoms with E-state index in [1.165, 1.54) is 11.3 Å². The van der Waals surface area contributed by atoms with Gasteiger partial charge >= 0.3 is 0 Å². The Labute approximate surface area is 111 Å². The molecule has 1 aromatic carbocycles. The molecule has 0 saturated carbocycles. The number of benzene rings is 1. The minimum atomic E-state index is 0.0279. The van der Waals surface area contributed by atoms with Crippen molar-refractivity contribution in [2.24, 2.45) is 0 Å². The van der Waals surface area contributed by atoms with Crippen LogP contribution in [-0.2, 0) is 5.41 Å². The predicted octanol–water partition coefficient (Wildman–Crippen LogP) is 4.65. The molecule has 0 atom stereocenters. The van der Waals surface area contributed by atoms with Gasteiger partial charge < -0.3 is 4.74 Å². The molecule has 0 aliphatic heterocycles. The van der Waals surface area contributed by atoms with E-state index < -0.39 is 0 Å². The minimum Gasteiger partial charge on any atom is -0.456 e. The molecule has 0 N–H and O–H groups in total. The number of para-hydroxylation sites is 1. The number of thiophene rings is 1. The average Bonchev–Trinajstić information content (AvgIpc) is 2.76. The zero-order valence-corrected chi connectivity index (χ0v) is 11.6. The summed E-state index contributed by atoms with van der Waals surface area (Å²) in [5.41, 5.74) is 1.18. The van der Waals surface area contributed by atoms with Crippen molar-refractivity contribution in [1.82, 2.24) is 0 Å². The Bertz CT molecular complexity index is 550. The van der Waals surface area contributed by atoms with Crippen LogP contribution in [-0.4, -0.2) is 6.29 Å². The fraction of sp³-hybridized carbons (Fsp3) is 0.267. The van der Waals surface area contributed by atoms with Gasteiger partial charge in [0, 0.05) is 17.0 Å². The van der Waals surface area contributed by atoms with Crippen molar-refractivity contribution < 1.29 is 9.53 Å². The summed E-state index contributed by atoms with van der Waals surface area (Å²) in [6, 6.07) is 9.76. The number of aldehydes is 1. The lowest BCUT2D eigenvalue weighted by Gasteiger charge is -2.22. The first-order valence-corrected chi connectivity index (χ1v) is 6.70. The quantitative estimate of drug-likeness (QED) is 0.751. The van der Waals surface area contributed by atoms with Gasteiger partial charge in [0.1, 0.15) is 11.5 Å². The molecule has 1 heterocycles. The van der Waals surface area contributed by atoms with Gasteiger partial charge in [-0.25, -0.2) is 0 Å². The maximum Gasteiger partial charge on any atom is 0.160 e. The maximum atomic E-state index is 10.7. The Balaban J connectivity index is 2.31. The van der Waals surface area contributed by atoms with Gasteiger partial charge in [-0.3, -0.25) is 4.79 Å². The van der Waals surface area contributed by atoms with Crippen molar-refractivity contribution in [3.8, 4) is 11.5 Å².